The molecule has 1 aliphatic carbocycles. The van der Waals surface area contributed by atoms with Crippen molar-refractivity contribution in [1.29, 1.82) is 0 Å². The number of carbonyl (C=O) groups excluding carboxylic acids is 1. The fourth-order valence-corrected chi connectivity index (χ4v) is 4.31. The highest BCUT2D eigenvalue weighted by atomic mass is 16.2. The Balaban J connectivity index is 1.65. The van der Waals surface area contributed by atoms with Gasteiger partial charge in [0, 0.05) is 29.9 Å². The minimum Gasteiger partial charge on any atom is -0.341 e. The first-order valence-electron chi connectivity index (χ1n) is 9.98. The highest BCUT2D eigenvalue weighted by molar-refractivity contribution is 5.77. The fourth-order valence-electron chi connectivity index (χ4n) is 4.31. The van der Waals surface area contributed by atoms with Crippen LogP contribution in [0.1, 0.15) is 36.1 Å². The number of aromatic nitrogens is 4. The van der Waals surface area contributed by atoms with Crippen LogP contribution in [0.3, 0.4) is 0 Å². The standard InChI is InChI=1S/C21H23N5O2/c1-14-7-9-15(10-8-14)19-22-21-25(13-18(27)24-11-2-3-12-24)17-6-4-5-16(17)20(28)26(21)23-19/h7-10H,2-6,11-13H2,1H3. The minimum absolute atomic E-state index is 0.0945. The van der Waals surface area contributed by atoms with Crippen molar-refractivity contribution in [2.45, 2.75) is 45.6 Å². The van der Waals surface area contributed by atoms with Gasteiger partial charge in [0.1, 0.15) is 6.54 Å². The minimum atomic E-state index is -0.0989. The van der Waals surface area contributed by atoms with Crippen LogP contribution >= 0.6 is 0 Å². The number of likely N-dealkylation sites (tertiary alicyclic amines) is 1. The zero-order valence-electron chi connectivity index (χ0n) is 16.0. The lowest BCUT2D eigenvalue weighted by Gasteiger charge is -2.18. The van der Waals surface area contributed by atoms with Crippen molar-refractivity contribution >= 4 is 11.7 Å². The molecule has 1 amide bonds. The zero-order chi connectivity index (χ0) is 19.3. The topological polar surface area (TPSA) is 72.5 Å². The van der Waals surface area contributed by atoms with E-state index in [0.29, 0.717) is 11.6 Å². The molecular weight excluding hydrogens is 354 g/mol. The molecule has 1 fully saturated rings. The second-order valence-corrected chi connectivity index (χ2v) is 7.77. The fraction of sp³-hybridized carbons (Fsp3) is 0.429. The summed E-state index contributed by atoms with van der Waals surface area (Å²) in [6.45, 7) is 3.88. The van der Waals surface area contributed by atoms with Gasteiger partial charge in [-0.15, -0.1) is 5.10 Å². The Morgan fingerprint density at radius 1 is 1.07 bits per heavy atom. The van der Waals surface area contributed by atoms with Crippen LogP contribution in [0, 0.1) is 6.92 Å². The molecule has 0 radical (unpaired) electrons. The molecular formula is C21H23N5O2. The molecule has 1 aliphatic heterocycles. The average molecular weight is 377 g/mol. The van der Waals surface area contributed by atoms with E-state index in [9.17, 15) is 9.59 Å². The summed E-state index contributed by atoms with van der Waals surface area (Å²) < 4.78 is 3.31. The molecule has 1 saturated heterocycles. The van der Waals surface area contributed by atoms with Crippen molar-refractivity contribution in [2.75, 3.05) is 13.1 Å². The molecule has 0 saturated carbocycles. The molecule has 2 aliphatic rings. The molecule has 5 rings (SSSR count). The third-order valence-electron chi connectivity index (χ3n) is 5.86. The SMILES string of the molecule is Cc1ccc(-c2nc3n(CC(=O)N4CCCC4)c4c(c(=O)n3n2)CCC4)cc1. The van der Waals surface area contributed by atoms with E-state index in [2.05, 4.69) is 10.1 Å². The molecule has 0 N–H and O–H groups in total. The van der Waals surface area contributed by atoms with E-state index in [0.717, 1.165) is 67.6 Å². The van der Waals surface area contributed by atoms with Gasteiger partial charge in [-0.1, -0.05) is 29.8 Å². The Hall–Kier alpha value is -2.96. The molecule has 1 aromatic carbocycles. The molecule has 3 heterocycles. The zero-order valence-corrected chi connectivity index (χ0v) is 16.0. The predicted molar refractivity (Wildman–Crippen MR) is 105 cm³/mol. The van der Waals surface area contributed by atoms with Crippen LogP contribution in [0.15, 0.2) is 29.1 Å². The average Bonchev–Trinajstić information content (AvgIpc) is 3.46. The predicted octanol–water partition coefficient (Wildman–Crippen LogP) is 1.98. The monoisotopic (exact) mass is 377 g/mol. The summed E-state index contributed by atoms with van der Waals surface area (Å²) in [4.78, 5) is 32.4. The summed E-state index contributed by atoms with van der Waals surface area (Å²) in [6.07, 6.45) is 4.60. The third-order valence-corrected chi connectivity index (χ3v) is 5.86. The molecule has 0 unspecified atom stereocenters. The molecule has 28 heavy (non-hydrogen) atoms. The lowest BCUT2D eigenvalue weighted by atomic mass is 10.1. The lowest BCUT2D eigenvalue weighted by molar-refractivity contribution is -0.130. The number of amides is 1. The van der Waals surface area contributed by atoms with Gasteiger partial charge >= 0.3 is 0 Å². The Bertz CT molecular complexity index is 1120. The molecule has 144 valence electrons. The van der Waals surface area contributed by atoms with Crippen molar-refractivity contribution < 1.29 is 4.79 Å². The molecule has 3 aromatic rings. The van der Waals surface area contributed by atoms with E-state index in [1.54, 1.807) is 0 Å². The van der Waals surface area contributed by atoms with Crippen LogP contribution in [-0.2, 0) is 24.2 Å². The number of hydrogen-bond donors (Lipinski definition) is 0. The maximum absolute atomic E-state index is 13.0. The van der Waals surface area contributed by atoms with Crippen LogP contribution in [0.5, 0.6) is 0 Å². The number of hydrogen-bond acceptors (Lipinski definition) is 4. The first-order chi connectivity index (χ1) is 13.6. The number of aryl methyl sites for hydroxylation is 1. The largest absolute Gasteiger partial charge is 0.341 e. The molecule has 0 bridgehead atoms. The second-order valence-electron chi connectivity index (χ2n) is 7.77. The quantitative estimate of drug-likeness (QED) is 0.700. The molecule has 2 aromatic heterocycles. The van der Waals surface area contributed by atoms with Gasteiger partial charge in [0.25, 0.3) is 5.56 Å². The Kier molecular flexibility index (Phi) is 4.03. The molecule has 7 nitrogen and oxygen atoms in total. The summed E-state index contributed by atoms with van der Waals surface area (Å²) in [7, 11) is 0. The Labute approximate surface area is 162 Å². The summed E-state index contributed by atoms with van der Waals surface area (Å²) in [5, 5.41) is 4.50. The number of fused-ring (bicyclic) bond motifs is 2. The van der Waals surface area contributed by atoms with Gasteiger partial charge in [-0.3, -0.25) is 9.59 Å². The summed E-state index contributed by atoms with van der Waals surface area (Å²) >= 11 is 0. The van der Waals surface area contributed by atoms with Crippen molar-refractivity contribution in [3.63, 3.8) is 0 Å². The van der Waals surface area contributed by atoms with Gasteiger partial charge in [-0.25, -0.2) is 0 Å². The van der Waals surface area contributed by atoms with Crippen molar-refractivity contribution in [3.8, 4) is 11.4 Å². The highest BCUT2D eigenvalue weighted by Crippen LogP contribution is 2.23. The van der Waals surface area contributed by atoms with Crippen LogP contribution < -0.4 is 5.56 Å². The Morgan fingerprint density at radius 3 is 2.57 bits per heavy atom. The second kappa shape index (κ2) is 6.58. The van der Waals surface area contributed by atoms with Gasteiger partial charge in [0.15, 0.2) is 5.82 Å². The first-order valence-corrected chi connectivity index (χ1v) is 9.98. The van der Waals surface area contributed by atoms with Gasteiger partial charge < -0.3 is 9.47 Å². The highest BCUT2D eigenvalue weighted by Gasteiger charge is 2.26. The summed E-state index contributed by atoms with van der Waals surface area (Å²) in [6, 6.07) is 7.93. The number of carbonyl (C=O) groups is 1. The van der Waals surface area contributed by atoms with Crippen molar-refractivity contribution in [1.82, 2.24) is 24.1 Å². The van der Waals surface area contributed by atoms with Gasteiger partial charge in [-0.2, -0.15) is 9.50 Å². The summed E-state index contributed by atoms with van der Waals surface area (Å²) in [5.41, 5.74) is 3.65. The van der Waals surface area contributed by atoms with E-state index >= 15 is 0 Å². The van der Waals surface area contributed by atoms with Gasteiger partial charge in [0.2, 0.25) is 11.7 Å². The van der Waals surface area contributed by atoms with Crippen LogP contribution in [0.4, 0.5) is 0 Å². The van der Waals surface area contributed by atoms with Gasteiger partial charge in [0.05, 0.1) is 0 Å². The molecule has 7 heteroatoms. The van der Waals surface area contributed by atoms with E-state index in [4.69, 9.17) is 0 Å². The van der Waals surface area contributed by atoms with Crippen molar-refractivity contribution in [2.24, 2.45) is 0 Å². The van der Waals surface area contributed by atoms with E-state index in [1.165, 1.54) is 4.52 Å². The molecule has 0 atom stereocenters. The Morgan fingerprint density at radius 2 is 1.82 bits per heavy atom. The summed E-state index contributed by atoms with van der Waals surface area (Å²) in [5.74, 6) is 1.08. The normalized spacial score (nSPS) is 16.1. The van der Waals surface area contributed by atoms with E-state index < -0.39 is 0 Å². The van der Waals surface area contributed by atoms with Crippen LogP contribution in [0.25, 0.3) is 17.2 Å². The van der Waals surface area contributed by atoms with E-state index in [-0.39, 0.29) is 18.0 Å². The third kappa shape index (κ3) is 2.73. The van der Waals surface area contributed by atoms with E-state index in [1.807, 2.05) is 40.7 Å². The smallest absolute Gasteiger partial charge is 0.279 e. The first kappa shape index (κ1) is 17.2. The maximum Gasteiger partial charge on any atom is 0.279 e. The van der Waals surface area contributed by atoms with Crippen molar-refractivity contribution in [3.05, 3.63) is 51.4 Å². The number of nitrogens with zero attached hydrogens (tertiary/aromatic N) is 5. The van der Waals surface area contributed by atoms with Crippen LogP contribution in [0.2, 0.25) is 0 Å². The molecule has 0 spiro atoms. The number of rotatable bonds is 3. The number of benzene rings is 1. The van der Waals surface area contributed by atoms with Gasteiger partial charge in [-0.05, 0) is 39.0 Å². The van der Waals surface area contributed by atoms with Crippen LogP contribution in [-0.4, -0.2) is 43.1 Å². The lowest BCUT2D eigenvalue weighted by Crippen LogP contribution is -2.34. The maximum atomic E-state index is 13.0.